The van der Waals surface area contributed by atoms with Gasteiger partial charge in [-0.15, -0.1) is 0 Å². The minimum Gasteiger partial charge on any atom is -0.396 e. The maximum absolute atomic E-state index is 10.8. The van der Waals surface area contributed by atoms with Crippen LogP contribution in [-0.2, 0) is 0 Å². The minimum absolute atomic E-state index is 0.0621. The van der Waals surface area contributed by atoms with Crippen molar-refractivity contribution in [3.63, 3.8) is 0 Å². The average Bonchev–Trinajstić information content (AvgIpc) is 3.07. The van der Waals surface area contributed by atoms with Crippen LogP contribution >= 0.6 is 11.6 Å². The fraction of sp³-hybridized carbons (Fsp3) is 0.545. The summed E-state index contributed by atoms with van der Waals surface area (Å²) in [5.74, 6) is 0.191. The number of nitrogens with one attached hydrogen (secondary N) is 1. The first-order valence-electron chi connectivity index (χ1n) is 5.72. The molecule has 1 fully saturated rings. The second-order valence-corrected chi connectivity index (χ2v) is 4.97. The van der Waals surface area contributed by atoms with Gasteiger partial charge in [-0.1, -0.05) is 11.6 Å². The molecule has 0 aromatic carbocycles. The number of nitrogens with zero attached hydrogens (tertiary/aromatic N) is 2. The van der Waals surface area contributed by atoms with Crippen LogP contribution in [0, 0.1) is 15.5 Å². The molecule has 6 nitrogen and oxygen atoms in total. The molecule has 2 rings (SSSR count). The predicted octanol–water partition coefficient (Wildman–Crippen LogP) is 2.22. The molecule has 0 amide bonds. The Morgan fingerprint density at radius 1 is 1.56 bits per heavy atom. The summed E-state index contributed by atoms with van der Waals surface area (Å²) in [6.45, 7) is 0.703. The third-order valence-corrected chi connectivity index (χ3v) is 3.48. The average molecular weight is 272 g/mol. The number of aromatic nitrogens is 1. The van der Waals surface area contributed by atoms with E-state index < -0.39 is 4.92 Å². The van der Waals surface area contributed by atoms with Crippen molar-refractivity contribution in [3.05, 3.63) is 27.4 Å². The Balaban J connectivity index is 2.08. The van der Waals surface area contributed by atoms with Gasteiger partial charge in [0.1, 0.15) is 5.15 Å². The van der Waals surface area contributed by atoms with Crippen molar-refractivity contribution in [2.45, 2.75) is 19.3 Å². The highest BCUT2D eigenvalue weighted by Crippen LogP contribution is 2.48. The summed E-state index contributed by atoms with van der Waals surface area (Å²) in [7, 11) is 0. The Morgan fingerprint density at radius 3 is 2.83 bits per heavy atom. The van der Waals surface area contributed by atoms with E-state index in [1.165, 1.54) is 12.1 Å². The van der Waals surface area contributed by atoms with E-state index in [2.05, 4.69) is 10.3 Å². The second kappa shape index (κ2) is 5.07. The largest absolute Gasteiger partial charge is 0.396 e. The van der Waals surface area contributed by atoms with Crippen molar-refractivity contribution < 1.29 is 10.0 Å². The maximum Gasteiger partial charge on any atom is 0.311 e. The highest BCUT2D eigenvalue weighted by atomic mass is 35.5. The molecule has 1 saturated carbocycles. The van der Waals surface area contributed by atoms with Gasteiger partial charge in [-0.05, 0) is 30.7 Å². The van der Waals surface area contributed by atoms with E-state index in [4.69, 9.17) is 16.7 Å². The highest BCUT2D eigenvalue weighted by Gasteiger charge is 2.41. The van der Waals surface area contributed by atoms with Gasteiger partial charge in [0.2, 0.25) is 5.82 Å². The fourth-order valence-electron chi connectivity index (χ4n) is 1.91. The van der Waals surface area contributed by atoms with Gasteiger partial charge in [0.05, 0.1) is 4.92 Å². The van der Waals surface area contributed by atoms with Crippen LogP contribution in [0.15, 0.2) is 12.1 Å². The molecule has 1 aromatic heterocycles. The summed E-state index contributed by atoms with van der Waals surface area (Å²) >= 11 is 5.73. The summed E-state index contributed by atoms with van der Waals surface area (Å²) in [4.78, 5) is 14.3. The zero-order valence-corrected chi connectivity index (χ0v) is 10.5. The number of anilines is 1. The van der Waals surface area contributed by atoms with Crippen molar-refractivity contribution in [2.24, 2.45) is 5.41 Å². The van der Waals surface area contributed by atoms with E-state index >= 15 is 0 Å². The lowest BCUT2D eigenvalue weighted by Gasteiger charge is -2.14. The Morgan fingerprint density at radius 2 is 2.28 bits per heavy atom. The van der Waals surface area contributed by atoms with Crippen LogP contribution in [0.3, 0.4) is 0 Å². The van der Waals surface area contributed by atoms with Crippen LogP contribution in [0.2, 0.25) is 5.15 Å². The molecule has 1 heterocycles. The number of rotatable bonds is 6. The lowest BCUT2D eigenvalue weighted by atomic mass is 10.0. The lowest BCUT2D eigenvalue weighted by molar-refractivity contribution is -0.384. The fourth-order valence-corrected chi connectivity index (χ4v) is 2.05. The summed E-state index contributed by atoms with van der Waals surface area (Å²) in [6, 6.07) is 2.73. The van der Waals surface area contributed by atoms with E-state index in [1.54, 1.807) is 0 Å². The third kappa shape index (κ3) is 2.88. The van der Waals surface area contributed by atoms with Crippen LogP contribution in [0.4, 0.5) is 11.5 Å². The zero-order chi connectivity index (χ0) is 13.2. The smallest absolute Gasteiger partial charge is 0.311 e. The first kappa shape index (κ1) is 13.0. The number of pyridine rings is 1. The number of hydrogen-bond acceptors (Lipinski definition) is 5. The predicted molar refractivity (Wildman–Crippen MR) is 67.8 cm³/mol. The van der Waals surface area contributed by atoms with Crippen LogP contribution in [0.5, 0.6) is 0 Å². The summed E-state index contributed by atoms with van der Waals surface area (Å²) in [5, 5.41) is 23.0. The van der Waals surface area contributed by atoms with Gasteiger partial charge in [0, 0.05) is 19.2 Å². The van der Waals surface area contributed by atoms with Crippen LogP contribution in [0.1, 0.15) is 19.3 Å². The Bertz CT molecular complexity index is 463. The van der Waals surface area contributed by atoms with Gasteiger partial charge in [-0.25, -0.2) is 4.98 Å². The van der Waals surface area contributed by atoms with Crippen molar-refractivity contribution >= 4 is 23.1 Å². The quantitative estimate of drug-likeness (QED) is 0.470. The van der Waals surface area contributed by atoms with Gasteiger partial charge in [0.25, 0.3) is 0 Å². The number of aliphatic hydroxyl groups excluding tert-OH is 1. The van der Waals surface area contributed by atoms with Crippen molar-refractivity contribution in [2.75, 3.05) is 18.5 Å². The van der Waals surface area contributed by atoms with Crippen LogP contribution < -0.4 is 5.32 Å². The second-order valence-electron chi connectivity index (χ2n) is 4.59. The van der Waals surface area contributed by atoms with Crippen molar-refractivity contribution in [1.82, 2.24) is 4.98 Å². The molecule has 0 atom stereocenters. The van der Waals surface area contributed by atoms with Gasteiger partial charge in [-0.3, -0.25) is 10.1 Å². The molecule has 7 heteroatoms. The number of aliphatic hydroxyl groups is 1. The maximum atomic E-state index is 10.8. The SMILES string of the molecule is O=[N+]([O-])c1ccc(Cl)nc1NCC1(CCO)CC1. The Hall–Kier alpha value is -1.40. The van der Waals surface area contributed by atoms with E-state index in [0.29, 0.717) is 13.0 Å². The van der Waals surface area contributed by atoms with E-state index in [-0.39, 0.29) is 28.7 Å². The molecule has 0 unspecified atom stereocenters. The lowest BCUT2D eigenvalue weighted by Crippen LogP contribution is -2.18. The van der Waals surface area contributed by atoms with Gasteiger partial charge in [-0.2, -0.15) is 0 Å². The normalized spacial score (nSPS) is 16.3. The molecular formula is C11H14ClN3O3. The molecule has 0 saturated heterocycles. The summed E-state index contributed by atoms with van der Waals surface area (Å²) in [5.41, 5.74) is -0.0220. The Kier molecular flexibility index (Phi) is 3.68. The number of halogens is 1. The monoisotopic (exact) mass is 271 g/mol. The molecule has 2 N–H and O–H groups in total. The number of nitro groups is 1. The number of hydrogen-bond donors (Lipinski definition) is 2. The molecule has 0 aliphatic heterocycles. The minimum atomic E-state index is -0.489. The first-order chi connectivity index (χ1) is 8.56. The standard InChI is InChI=1S/C11H14ClN3O3/c12-9-2-1-8(15(17)18)10(14-9)13-7-11(3-4-11)5-6-16/h1-2,16H,3-7H2,(H,13,14). The topological polar surface area (TPSA) is 88.3 Å². The zero-order valence-electron chi connectivity index (χ0n) is 9.73. The van der Waals surface area contributed by atoms with E-state index in [9.17, 15) is 10.1 Å². The van der Waals surface area contributed by atoms with Gasteiger partial charge < -0.3 is 10.4 Å². The molecule has 98 valence electrons. The molecule has 1 aliphatic carbocycles. The highest BCUT2D eigenvalue weighted by molar-refractivity contribution is 6.29. The third-order valence-electron chi connectivity index (χ3n) is 3.27. The summed E-state index contributed by atoms with van der Waals surface area (Å²) in [6.07, 6.45) is 2.75. The molecule has 0 spiro atoms. The van der Waals surface area contributed by atoms with E-state index in [1.807, 2.05) is 0 Å². The molecule has 1 aliphatic rings. The van der Waals surface area contributed by atoms with Crippen molar-refractivity contribution in [3.8, 4) is 0 Å². The molecule has 1 aromatic rings. The van der Waals surface area contributed by atoms with Gasteiger partial charge >= 0.3 is 5.69 Å². The van der Waals surface area contributed by atoms with Crippen molar-refractivity contribution in [1.29, 1.82) is 0 Å². The first-order valence-corrected chi connectivity index (χ1v) is 6.10. The molecule has 18 heavy (non-hydrogen) atoms. The summed E-state index contributed by atoms with van der Waals surface area (Å²) < 4.78 is 0. The Labute approximate surface area is 109 Å². The van der Waals surface area contributed by atoms with E-state index in [0.717, 1.165) is 12.8 Å². The van der Waals surface area contributed by atoms with Crippen LogP contribution in [-0.4, -0.2) is 28.2 Å². The van der Waals surface area contributed by atoms with Gasteiger partial charge in [0.15, 0.2) is 0 Å². The molecule has 0 radical (unpaired) electrons. The molecular weight excluding hydrogens is 258 g/mol. The van der Waals surface area contributed by atoms with Crippen LogP contribution in [0.25, 0.3) is 0 Å². The molecule has 0 bridgehead atoms.